The number of aromatic amines is 1. The Balaban J connectivity index is 1.84. The Morgan fingerprint density at radius 2 is 1.80 bits per heavy atom. The lowest BCUT2D eigenvalue weighted by Crippen LogP contribution is -2.21. The minimum absolute atomic E-state index is 0.00258. The van der Waals surface area contributed by atoms with Gasteiger partial charge in [0.15, 0.2) is 0 Å². The standard InChI is InChI=1S/C24H19F3N4O4/c1-34-16-8-9-20(35-2)17(11-16)21-18(13-31(30-21)15-6-4-3-5-7-15)22(32)29-19-10-14(24(25,26)27)12-28-23(19)33/h3-13H,1-2H3,(H,28,33)(H,29,32). The van der Waals surface area contributed by atoms with Crippen molar-refractivity contribution in [3.05, 3.63) is 88.5 Å². The summed E-state index contributed by atoms with van der Waals surface area (Å²) < 4.78 is 51.5. The molecule has 0 radical (unpaired) electrons. The lowest BCUT2D eigenvalue weighted by Gasteiger charge is -2.11. The summed E-state index contributed by atoms with van der Waals surface area (Å²) in [6.07, 6.45) is -2.75. The molecule has 0 aliphatic carbocycles. The molecule has 1 amide bonds. The van der Waals surface area contributed by atoms with Crippen LogP contribution in [0, 0.1) is 0 Å². The smallest absolute Gasteiger partial charge is 0.417 e. The number of carbonyl (C=O) groups is 1. The van der Waals surface area contributed by atoms with Crippen LogP contribution < -0.4 is 20.3 Å². The molecule has 0 saturated heterocycles. The first-order chi connectivity index (χ1) is 16.7. The van der Waals surface area contributed by atoms with Gasteiger partial charge < -0.3 is 19.8 Å². The zero-order valence-electron chi connectivity index (χ0n) is 18.5. The number of nitrogens with zero attached hydrogens (tertiary/aromatic N) is 2. The summed E-state index contributed by atoms with van der Waals surface area (Å²) in [6.45, 7) is 0. The van der Waals surface area contributed by atoms with E-state index in [4.69, 9.17) is 9.47 Å². The lowest BCUT2D eigenvalue weighted by atomic mass is 10.1. The molecule has 180 valence electrons. The number of pyridine rings is 1. The van der Waals surface area contributed by atoms with Crippen molar-refractivity contribution in [1.82, 2.24) is 14.8 Å². The monoisotopic (exact) mass is 484 g/mol. The third kappa shape index (κ3) is 4.88. The number of amides is 1. The molecular weight excluding hydrogens is 465 g/mol. The van der Waals surface area contributed by atoms with Crippen molar-refractivity contribution in [2.75, 3.05) is 19.5 Å². The van der Waals surface area contributed by atoms with Crippen LogP contribution in [-0.2, 0) is 6.18 Å². The van der Waals surface area contributed by atoms with Crippen LogP contribution in [0.15, 0.2) is 71.8 Å². The number of carbonyl (C=O) groups excluding carboxylic acids is 1. The molecule has 0 bridgehead atoms. The molecule has 4 aromatic rings. The van der Waals surface area contributed by atoms with Gasteiger partial charge in [-0.25, -0.2) is 4.68 Å². The van der Waals surface area contributed by atoms with E-state index in [0.29, 0.717) is 35.0 Å². The maximum atomic E-state index is 13.2. The van der Waals surface area contributed by atoms with Crippen LogP contribution in [0.1, 0.15) is 15.9 Å². The van der Waals surface area contributed by atoms with Crippen molar-refractivity contribution in [2.24, 2.45) is 0 Å². The van der Waals surface area contributed by atoms with Crippen LogP contribution >= 0.6 is 0 Å². The molecule has 0 atom stereocenters. The van der Waals surface area contributed by atoms with Crippen molar-refractivity contribution < 1.29 is 27.4 Å². The summed E-state index contributed by atoms with van der Waals surface area (Å²) in [6, 6.07) is 14.4. The highest BCUT2D eigenvalue weighted by Gasteiger charge is 2.32. The predicted octanol–water partition coefficient (Wildman–Crippen LogP) is 4.52. The first-order valence-corrected chi connectivity index (χ1v) is 10.2. The third-order valence-electron chi connectivity index (χ3n) is 5.12. The van der Waals surface area contributed by atoms with Gasteiger partial charge in [0, 0.05) is 18.0 Å². The minimum Gasteiger partial charge on any atom is -0.497 e. The summed E-state index contributed by atoms with van der Waals surface area (Å²) in [5, 5.41) is 6.80. The molecule has 2 heterocycles. The average molecular weight is 484 g/mol. The zero-order valence-corrected chi connectivity index (χ0v) is 18.5. The first kappa shape index (κ1) is 23.6. The fourth-order valence-corrected chi connectivity index (χ4v) is 3.38. The Morgan fingerprint density at radius 3 is 2.46 bits per heavy atom. The maximum absolute atomic E-state index is 13.2. The van der Waals surface area contributed by atoms with Gasteiger partial charge in [-0.2, -0.15) is 18.3 Å². The molecule has 0 fully saturated rings. The number of rotatable bonds is 6. The molecule has 0 spiro atoms. The second-order valence-corrected chi connectivity index (χ2v) is 7.32. The van der Waals surface area contributed by atoms with Crippen molar-refractivity contribution in [3.8, 4) is 28.4 Å². The number of para-hydroxylation sites is 1. The molecule has 4 rings (SSSR count). The molecule has 11 heteroatoms. The van der Waals surface area contributed by atoms with Gasteiger partial charge in [-0.15, -0.1) is 0 Å². The normalized spacial score (nSPS) is 11.2. The number of anilines is 1. The van der Waals surface area contributed by atoms with Crippen molar-refractivity contribution in [2.45, 2.75) is 6.18 Å². The van der Waals surface area contributed by atoms with E-state index in [-0.39, 0.29) is 11.3 Å². The Bertz CT molecular complexity index is 1430. The molecule has 2 N–H and O–H groups in total. The van der Waals surface area contributed by atoms with Gasteiger partial charge in [0.05, 0.1) is 31.0 Å². The third-order valence-corrected chi connectivity index (χ3v) is 5.12. The fraction of sp³-hybridized carbons (Fsp3) is 0.125. The van der Waals surface area contributed by atoms with Gasteiger partial charge in [-0.3, -0.25) is 9.59 Å². The van der Waals surface area contributed by atoms with Crippen LogP contribution in [0.4, 0.5) is 18.9 Å². The van der Waals surface area contributed by atoms with Gasteiger partial charge in [0.25, 0.3) is 11.5 Å². The quantitative estimate of drug-likeness (QED) is 0.420. The lowest BCUT2D eigenvalue weighted by molar-refractivity contribution is -0.137. The van der Waals surface area contributed by atoms with Crippen LogP contribution in [0.5, 0.6) is 11.5 Å². The highest BCUT2D eigenvalue weighted by atomic mass is 19.4. The molecule has 0 unspecified atom stereocenters. The Kier molecular flexibility index (Phi) is 6.32. The average Bonchev–Trinajstić information content (AvgIpc) is 3.30. The van der Waals surface area contributed by atoms with Crippen LogP contribution in [0.25, 0.3) is 16.9 Å². The highest BCUT2D eigenvalue weighted by Crippen LogP contribution is 2.35. The Morgan fingerprint density at radius 1 is 1.06 bits per heavy atom. The number of halogens is 3. The van der Waals surface area contributed by atoms with E-state index in [9.17, 15) is 22.8 Å². The van der Waals surface area contributed by atoms with E-state index in [1.807, 2.05) is 11.1 Å². The maximum Gasteiger partial charge on any atom is 0.417 e. The second kappa shape index (κ2) is 9.37. The summed E-state index contributed by atoms with van der Waals surface area (Å²) in [4.78, 5) is 27.4. The highest BCUT2D eigenvalue weighted by molar-refractivity contribution is 6.08. The van der Waals surface area contributed by atoms with E-state index in [1.165, 1.54) is 25.1 Å². The van der Waals surface area contributed by atoms with E-state index in [0.717, 1.165) is 0 Å². The molecule has 2 aromatic carbocycles. The summed E-state index contributed by atoms with van der Waals surface area (Å²) >= 11 is 0. The van der Waals surface area contributed by atoms with Crippen LogP contribution in [0.3, 0.4) is 0 Å². The van der Waals surface area contributed by atoms with E-state index < -0.39 is 28.9 Å². The number of alkyl halides is 3. The number of hydrogen-bond acceptors (Lipinski definition) is 5. The fourth-order valence-electron chi connectivity index (χ4n) is 3.38. The van der Waals surface area contributed by atoms with Gasteiger partial charge in [0.2, 0.25) is 0 Å². The first-order valence-electron chi connectivity index (χ1n) is 10.2. The molecule has 0 aliphatic heterocycles. The van der Waals surface area contributed by atoms with Gasteiger partial charge in [-0.1, -0.05) is 18.2 Å². The largest absolute Gasteiger partial charge is 0.497 e. The van der Waals surface area contributed by atoms with E-state index in [2.05, 4.69) is 10.4 Å². The number of H-pyrrole nitrogens is 1. The number of ether oxygens (including phenoxy) is 2. The summed E-state index contributed by atoms with van der Waals surface area (Å²) in [5.41, 5.74) is -1.34. The van der Waals surface area contributed by atoms with Crippen molar-refractivity contribution >= 4 is 11.6 Å². The van der Waals surface area contributed by atoms with Gasteiger partial charge in [0.1, 0.15) is 22.9 Å². The van der Waals surface area contributed by atoms with E-state index >= 15 is 0 Å². The molecule has 2 aromatic heterocycles. The van der Waals surface area contributed by atoms with Crippen molar-refractivity contribution in [1.29, 1.82) is 0 Å². The molecule has 8 nitrogen and oxygen atoms in total. The number of methoxy groups -OCH3 is 2. The number of aromatic nitrogens is 3. The van der Waals surface area contributed by atoms with Crippen LogP contribution in [-0.4, -0.2) is 34.9 Å². The number of benzene rings is 2. The summed E-state index contributed by atoms with van der Waals surface area (Å²) in [7, 11) is 2.92. The zero-order chi connectivity index (χ0) is 25.2. The van der Waals surface area contributed by atoms with Crippen molar-refractivity contribution in [3.63, 3.8) is 0 Å². The SMILES string of the molecule is COc1ccc(OC)c(-c2nn(-c3ccccc3)cc2C(=O)Nc2cc(C(F)(F)F)c[nH]c2=O)c1. The van der Waals surface area contributed by atoms with Gasteiger partial charge >= 0.3 is 6.18 Å². The number of nitrogens with one attached hydrogen (secondary N) is 2. The summed E-state index contributed by atoms with van der Waals surface area (Å²) in [5.74, 6) is 0.0164. The molecule has 0 aliphatic rings. The van der Waals surface area contributed by atoms with Gasteiger partial charge in [-0.05, 0) is 36.4 Å². The molecule has 0 saturated carbocycles. The molecular formula is C24H19F3N4O4. The van der Waals surface area contributed by atoms with E-state index in [1.54, 1.807) is 42.5 Å². The minimum atomic E-state index is -4.71. The number of hydrogen-bond donors (Lipinski definition) is 2. The van der Waals surface area contributed by atoms with Crippen LogP contribution in [0.2, 0.25) is 0 Å². The topological polar surface area (TPSA) is 98.2 Å². The second-order valence-electron chi connectivity index (χ2n) is 7.32. The Hall–Kier alpha value is -4.54. The molecule has 35 heavy (non-hydrogen) atoms. The predicted molar refractivity (Wildman–Crippen MR) is 122 cm³/mol. The Labute approximate surface area is 196 Å².